The third-order valence-corrected chi connectivity index (χ3v) is 4.59. The molecule has 0 bridgehead atoms. The van der Waals surface area contributed by atoms with Crippen molar-refractivity contribution in [3.63, 3.8) is 0 Å². The van der Waals surface area contributed by atoms with Crippen molar-refractivity contribution in [1.82, 2.24) is 15.5 Å². The highest BCUT2D eigenvalue weighted by Crippen LogP contribution is 2.37. The number of aromatic nitrogens is 2. The molecule has 1 aromatic heterocycles. The van der Waals surface area contributed by atoms with Crippen LogP contribution in [0.15, 0.2) is 4.52 Å². The van der Waals surface area contributed by atoms with Gasteiger partial charge in [-0.25, -0.2) is 0 Å². The zero-order valence-electron chi connectivity index (χ0n) is 13.4. The van der Waals surface area contributed by atoms with Crippen LogP contribution in [0.1, 0.15) is 83.3 Å². The van der Waals surface area contributed by atoms with Gasteiger partial charge in [0, 0.05) is 12.0 Å². The van der Waals surface area contributed by atoms with Gasteiger partial charge in [-0.15, -0.1) is 0 Å². The summed E-state index contributed by atoms with van der Waals surface area (Å²) in [4.78, 5) is 4.71. The Labute approximate surface area is 122 Å². The molecule has 1 N–H and O–H groups in total. The van der Waals surface area contributed by atoms with Gasteiger partial charge in [0.25, 0.3) is 0 Å². The molecule has 114 valence electrons. The van der Waals surface area contributed by atoms with E-state index in [1.807, 2.05) is 0 Å². The zero-order chi connectivity index (χ0) is 14.5. The Morgan fingerprint density at radius 1 is 1.35 bits per heavy atom. The Kier molecular flexibility index (Phi) is 5.58. The summed E-state index contributed by atoms with van der Waals surface area (Å²) >= 11 is 0. The summed E-state index contributed by atoms with van der Waals surface area (Å²) < 4.78 is 5.57. The van der Waals surface area contributed by atoms with Gasteiger partial charge in [0.2, 0.25) is 5.89 Å². The molecule has 0 aromatic carbocycles. The Morgan fingerprint density at radius 2 is 2.15 bits per heavy atom. The molecule has 4 heteroatoms. The molecule has 0 radical (unpaired) electrons. The molecule has 4 nitrogen and oxygen atoms in total. The molecule has 0 aliphatic heterocycles. The van der Waals surface area contributed by atoms with Gasteiger partial charge in [0.1, 0.15) is 0 Å². The van der Waals surface area contributed by atoms with Crippen LogP contribution in [0.5, 0.6) is 0 Å². The Hall–Kier alpha value is -0.900. The van der Waals surface area contributed by atoms with Crippen LogP contribution in [0.4, 0.5) is 0 Å². The molecule has 20 heavy (non-hydrogen) atoms. The highest BCUT2D eigenvalue weighted by Gasteiger charge is 2.29. The number of hydrogen-bond acceptors (Lipinski definition) is 4. The molecule has 2 rings (SSSR count). The summed E-state index contributed by atoms with van der Waals surface area (Å²) in [5.41, 5.74) is 0. The summed E-state index contributed by atoms with van der Waals surface area (Å²) in [7, 11) is 0. The smallest absolute Gasteiger partial charge is 0.231 e. The van der Waals surface area contributed by atoms with E-state index in [2.05, 4.69) is 38.2 Å². The lowest BCUT2D eigenvalue weighted by Gasteiger charge is -2.20. The average Bonchev–Trinajstić information content (AvgIpc) is 3.06. The van der Waals surface area contributed by atoms with Crippen LogP contribution in [0.25, 0.3) is 0 Å². The van der Waals surface area contributed by atoms with Crippen molar-refractivity contribution >= 4 is 0 Å². The van der Waals surface area contributed by atoms with E-state index in [9.17, 15) is 0 Å². The lowest BCUT2D eigenvalue weighted by Crippen LogP contribution is -2.32. The number of rotatable bonds is 7. The molecule has 4 unspecified atom stereocenters. The lowest BCUT2D eigenvalue weighted by molar-refractivity contribution is 0.313. The Balaban J connectivity index is 2.02. The van der Waals surface area contributed by atoms with E-state index in [-0.39, 0.29) is 0 Å². The van der Waals surface area contributed by atoms with Gasteiger partial charge in [0.05, 0.1) is 5.92 Å². The van der Waals surface area contributed by atoms with Gasteiger partial charge in [-0.3, -0.25) is 0 Å². The zero-order valence-corrected chi connectivity index (χ0v) is 13.4. The fraction of sp³-hybridized carbons (Fsp3) is 0.875. The minimum Gasteiger partial charge on any atom is -0.339 e. The minimum absolute atomic E-state index is 0.321. The average molecular weight is 279 g/mol. The molecular formula is C16H29N3O. The van der Waals surface area contributed by atoms with E-state index in [0.29, 0.717) is 17.9 Å². The van der Waals surface area contributed by atoms with Gasteiger partial charge in [-0.05, 0) is 51.5 Å². The Bertz CT molecular complexity index is 404. The minimum atomic E-state index is 0.321. The highest BCUT2D eigenvalue weighted by molar-refractivity contribution is 5.03. The van der Waals surface area contributed by atoms with Crippen LogP contribution in [-0.4, -0.2) is 22.7 Å². The predicted molar refractivity (Wildman–Crippen MR) is 80.8 cm³/mol. The van der Waals surface area contributed by atoms with Gasteiger partial charge in [0.15, 0.2) is 5.82 Å². The first kappa shape index (κ1) is 15.5. The molecule has 0 saturated heterocycles. The monoisotopic (exact) mass is 279 g/mol. The second-order valence-electron chi connectivity index (χ2n) is 6.36. The highest BCUT2D eigenvalue weighted by atomic mass is 16.5. The molecule has 1 aromatic rings. The molecule has 0 spiro atoms. The summed E-state index contributed by atoms with van der Waals surface area (Å²) in [5, 5.41) is 7.79. The van der Waals surface area contributed by atoms with Crippen molar-refractivity contribution in [2.45, 2.75) is 77.7 Å². The molecule has 1 aliphatic rings. The maximum atomic E-state index is 5.57. The topological polar surface area (TPSA) is 51.0 Å². The standard InChI is InChI=1S/C16H29N3O/c1-5-9-17-12(4)14(6-2)16-18-15(19-20-16)13-8-7-11(3)10-13/h11-14,17H,5-10H2,1-4H3. The SMILES string of the molecule is CCCNC(C)C(CC)c1nc(C2CCC(C)C2)no1. The van der Waals surface area contributed by atoms with E-state index >= 15 is 0 Å². The summed E-state index contributed by atoms with van der Waals surface area (Å²) in [6.07, 6.45) is 5.89. The molecule has 4 atom stereocenters. The fourth-order valence-corrected chi connectivity index (χ4v) is 3.26. The molecule has 1 fully saturated rings. The van der Waals surface area contributed by atoms with Crippen LogP contribution in [-0.2, 0) is 0 Å². The van der Waals surface area contributed by atoms with E-state index in [1.165, 1.54) is 19.3 Å². The second kappa shape index (κ2) is 7.21. The third kappa shape index (κ3) is 3.60. The molecule has 1 saturated carbocycles. The van der Waals surface area contributed by atoms with Crippen molar-refractivity contribution in [2.75, 3.05) is 6.54 Å². The van der Waals surface area contributed by atoms with Crippen molar-refractivity contribution in [2.24, 2.45) is 5.92 Å². The Morgan fingerprint density at radius 3 is 2.75 bits per heavy atom. The van der Waals surface area contributed by atoms with E-state index in [4.69, 9.17) is 9.51 Å². The normalized spacial score (nSPS) is 25.8. The summed E-state index contributed by atoms with van der Waals surface area (Å²) in [6.45, 7) is 9.94. The molecule has 0 amide bonds. The first-order valence-electron chi connectivity index (χ1n) is 8.22. The van der Waals surface area contributed by atoms with E-state index in [0.717, 1.165) is 37.0 Å². The predicted octanol–water partition coefficient (Wildman–Crippen LogP) is 3.85. The lowest BCUT2D eigenvalue weighted by atomic mass is 9.98. The van der Waals surface area contributed by atoms with Crippen LogP contribution in [0.3, 0.4) is 0 Å². The van der Waals surface area contributed by atoms with Crippen LogP contribution in [0.2, 0.25) is 0 Å². The van der Waals surface area contributed by atoms with Gasteiger partial charge in [-0.1, -0.05) is 25.9 Å². The van der Waals surface area contributed by atoms with Gasteiger partial charge >= 0.3 is 0 Å². The van der Waals surface area contributed by atoms with Crippen LogP contribution >= 0.6 is 0 Å². The summed E-state index contributed by atoms with van der Waals surface area (Å²) in [6, 6.07) is 0.385. The number of hydrogen-bond donors (Lipinski definition) is 1. The van der Waals surface area contributed by atoms with E-state index < -0.39 is 0 Å². The van der Waals surface area contributed by atoms with Crippen molar-refractivity contribution in [1.29, 1.82) is 0 Å². The number of nitrogens with one attached hydrogen (secondary N) is 1. The maximum Gasteiger partial charge on any atom is 0.231 e. The van der Waals surface area contributed by atoms with Gasteiger partial charge < -0.3 is 9.84 Å². The molecular weight excluding hydrogens is 250 g/mol. The van der Waals surface area contributed by atoms with Crippen molar-refractivity contribution in [3.8, 4) is 0 Å². The molecule has 1 heterocycles. The fourth-order valence-electron chi connectivity index (χ4n) is 3.26. The van der Waals surface area contributed by atoms with Crippen LogP contribution in [0, 0.1) is 5.92 Å². The summed E-state index contributed by atoms with van der Waals surface area (Å²) in [5.74, 6) is 3.39. The van der Waals surface area contributed by atoms with E-state index in [1.54, 1.807) is 0 Å². The number of nitrogens with zero attached hydrogens (tertiary/aromatic N) is 2. The van der Waals surface area contributed by atoms with Crippen molar-refractivity contribution < 1.29 is 4.52 Å². The third-order valence-electron chi connectivity index (χ3n) is 4.59. The van der Waals surface area contributed by atoms with Gasteiger partial charge in [-0.2, -0.15) is 4.98 Å². The molecule has 1 aliphatic carbocycles. The van der Waals surface area contributed by atoms with Crippen LogP contribution < -0.4 is 5.32 Å². The first-order chi connectivity index (χ1) is 9.65. The second-order valence-corrected chi connectivity index (χ2v) is 6.36. The quantitative estimate of drug-likeness (QED) is 0.823. The first-order valence-corrected chi connectivity index (χ1v) is 8.22. The maximum absolute atomic E-state index is 5.57. The largest absolute Gasteiger partial charge is 0.339 e. The van der Waals surface area contributed by atoms with Crippen molar-refractivity contribution in [3.05, 3.63) is 11.7 Å².